The molecule has 9 heteroatoms. The van der Waals surface area contributed by atoms with E-state index in [-0.39, 0.29) is 18.1 Å². The molecule has 0 aliphatic rings. The number of nitrogens with zero attached hydrogens (tertiary/aromatic N) is 3. The number of tetrazole rings is 1. The van der Waals surface area contributed by atoms with Crippen LogP contribution in [0.4, 0.5) is 13.2 Å². The Balaban J connectivity index is 1.39. The number of benzene rings is 3. The Morgan fingerprint density at radius 3 is 2.53 bits per heavy atom. The molecule has 1 atom stereocenters. The van der Waals surface area contributed by atoms with Crippen molar-refractivity contribution in [2.75, 3.05) is 0 Å². The first-order valence-electron chi connectivity index (χ1n) is 11.9. The van der Waals surface area contributed by atoms with Gasteiger partial charge in [-0.2, -0.15) is 18.4 Å². The van der Waals surface area contributed by atoms with Crippen LogP contribution in [-0.4, -0.2) is 20.6 Å². The zero-order valence-corrected chi connectivity index (χ0v) is 21.5. The van der Waals surface area contributed by atoms with Crippen molar-refractivity contribution >= 4 is 21.4 Å². The predicted molar refractivity (Wildman–Crippen MR) is 142 cm³/mol. The van der Waals surface area contributed by atoms with Crippen molar-refractivity contribution in [2.45, 2.75) is 39.0 Å². The second-order valence-electron chi connectivity index (χ2n) is 8.79. The minimum Gasteiger partial charge on any atom is -0.489 e. The average molecular weight is 533 g/mol. The first-order valence-corrected chi connectivity index (χ1v) is 12.7. The van der Waals surface area contributed by atoms with E-state index in [0.717, 1.165) is 28.0 Å². The maximum atomic E-state index is 14.0. The van der Waals surface area contributed by atoms with Crippen LogP contribution in [0.5, 0.6) is 5.75 Å². The fourth-order valence-electron chi connectivity index (χ4n) is 4.40. The van der Waals surface area contributed by atoms with Crippen molar-refractivity contribution in [2.24, 2.45) is 0 Å². The topological polar surface area (TPSA) is 63.7 Å². The van der Waals surface area contributed by atoms with Gasteiger partial charge in [0.25, 0.3) is 0 Å². The normalized spacial score (nSPS) is 12.2. The number of aryl methyl sites for hydroxylation is 1. The molecule has 2 heterocycles. The number of halogens is 3. The Bertz CT molecular complexity index is 1610. The van der Waals surface area contributed by atoms with Crippen LogP contribution >= 0.6 is 11.3 Å². The molecular weight excluding hydrogens is 509 g/mol. The molecule has 0 bridgehead atoms. The highest BCUT2D eigenvalue weighted by atomic mass is 32.1. The van der Waals surface area contributed by atoms with Gasteiger partial charge in [0.1, 0.15) is 17.2 Å². The van der Waals surface area contributed by atoms with Gasteiger partial charge in [0, 0.05) is 22.1 Å². The zero-order valence-electron chi connectivity index (χ0n) is 20.6. The SMILES string of the molecule is CC#CC(Cc1nn[nH]n1)c1ccc(OCc2ccc3sc(C(F)(F)F)c(-c4ccccc4C)c3c2)cc1. The number of ether oxygens (including phenoxy) is 1. The van der Waals surface area contributed by atoms with Gasteiger partial charge in [-0.1, -0.05) is 53.6 Å². The lowest BCUT2D eigenvalue weighted by molar-refractivity contribution is -0.133. The van der Waals surface area contributed by atoms with Gasteiger partial charge in [-0.25, -0.2) is 0 Å². The summed E-state index contributed by atoms with van der Waals surface area (Å²) in [6.07, 6.45) is -3.91. The van der Waals surface area contributed by atoms with E-state index >= 15 is 0 Å². The van der Waals surface area contributed by atoms with E-state index in [1.807, 2.05) is 49.4 Å². The molecule has 0 saturated heterocycles. The molecule has 1 unspecified atom stereocenters. The Morgan fingerprint density at radius 2 is 1.84 bits per heavy atom. The van der Waals surface area contributed by atoms with E-state index in [9.17, 15) is 13.2 Å². The second-order valence-corrected chi connectivity index (χ2v) is 9.84. The van der Waals surface area contributed by atoms with Gasteiger partial charge in [-0.3, -0.25) is 0 Å². The Labute approximate surface area is 221 Å². The van der Waals surface area contributed by atoms with Gasteiger partial charge >= 0.3 is 6.18 Å². The molecule has 1 N–H and O–H groups in total. The van der Waals surface area contributed by atoms with Gasteiger partial charge < -0.3 is 4.74 Å². The largest absolute Gasteiger partial charge is 0.489 e. The maximum Gasteiger partial charge on any atom is 0.426 e. The van der Waals surface area contributed by atoms with Gasteiger partial charge in [-0.05, 0) is 60.4 Å². The fourth-order valence-corrected chi connectivity index (χ4v) is 5.46. The lowest BCUT2D eigenvalue weighted by Crippen LogP contribution is -2.04. The Morgan fingerprint density at radius 1 is 1.05 bits per heavy atom. The molecule has 5 rings (SSSR count). The highest BCUT2D eigenvalue weighted by Gasteiger charge is 2.37. The number of fused-ring (bicyclic) bond motifs is 1. The van der Waals surface area contributed by atoms with Crippen LogP contribution in [0.15, 0.2) is 66.7 Å². The predicted octanol–water partition coefficient (Wildman–Crippen LogP) is 7.34. The smallest absolute Gasteiger partial charge is 0.426 e. The number of aromatic amines is 1. The molecule has 0 aliphatic heterocycles. The number of hydrogen-bond donors (Lipinski definition) is 1. The summed E-state index contributed by atoms with van der Waals surface area (Å²) in [5.41, 5.74) is 3.40. The van der Waals surface area contributed by atoms with Crippen molar-refractivity contribution in [3.8, 4) is 28.7 Å². The number of H-pyrrole nitrogens is 1. The van der Waals surface area contributed by atoms with Crippen LogP contribution in [0.2, 0.25) is 0 Å². The van der Waals surface area contributed by atoms with Crippen LogP contribution in [0.25, 0.3) is 21.2 Å². The Kier molecular flexibility index (Phi) is 7.16. The summed E-state index contributed by atoms with van der Waals surface area (Å²) in [6, 6.07) is 20.1. The van der Waals surface area contributed by atoms with E-state index < -0.39 is 11.1 Å². The number of alkyl halides is 3. The standard InChI is InChI=1S/C29H23F3N4OS/c1-3-6-21(16-26-33-35-36-34-26)20-10-12-22(13-11-20)37-17-19-9-14-25-24(15-19)27(28(38-25)29(30,31)32)23-8-5-4-7-18(23)2/h4-5,7-15,21H,16-17H2,1-2H3,(H,33,34,35,36). The molecule has 0 radical (unpaired) electrons. The summed E-state index contributed by atoms with van der Waals surface area (Å²) in [4.78, 5) is -0.582. The number of thiophene rings is 1. The van der Waals surface area contributed by atoms with Crippen molar-refractivity contribution in [1.82, 2.24) is 20.6 Å². The van der Waals surface area contributed by atoms with Crippen LogP contribution in [0, 0.1) is 18.8 Å². The number of hydrogen-bond acceptors (Lipinski definition) is 5. The van der Waals surface area contributed by atoms with Crippen LogP contribution in [0.3, 0.4) is 0 Å². The molecule has 0 saturated carbocycles. The van der Waals surface area contributed by atoms with Crippen LogP contribution < -0.4 is 4.74 Å². The molecule has 2 aromatic heterocycles. The maximum absolute atomic E-state index is 14.0. The fraction of sp³-hybridized carbons (Fsp3) is 0.207. The summed E-state index contributed by atoms with van der Waals surface area (Å²) in [6.45, 7) is 3.84. The van der Waals surface area contributed by atoms with Crippen molar-refractivity contribution in [3.63, 3.8) is 0 Å². The lowest BCUT2D eigenvalue weighted by atomic mass is 9.96. The van der Waals surface area contributed by atoms with Crippen LogP contribution in [-0.2, 0) is 19.2 Å². The van der Waals surface area contributed by atoms with Gasteiger partial charge in [0.05, 0.1) is 5.92 Å². The molecule has 3 aromatic carbocycles. The first kappa shape index (κ1) is 25.5. The zero-order chi connectivity index (χ0) is 26.7. The number of nitrogens with one attached hydrogen (secondary N) is 1. The number of aromatic nitrogens is 4. The molecule has 38 heavy (non-hydrogen) atoms. The third-order valence-electron chi connectivity index (χ3n) is 6.21. The van der Waals surface area contributed by atoms with Crippen molar-refractivity contribution in [1.29, 1.82) is 0 Å². The first-order chi connectivity index (χ1) is 18.3. The molecule has 5 nitrogen and oxygen atoms in total. The van der Waals surface area contributed by atoms with Crippen LogP contribution in [0.1, 0.15) is 40.2 Å². The molecule has 0 fully saturated rings. The monoisotopic (exact) mass is 532 g/mol. The third kappa shape index (κ3) is 5.41. The summed E-state index contributed by atoms with van der Waals surface area (Å²) in [5.74, 6) is 7.27. The summed E-state index contributed by atoms with van der Waals surface area (Å²) < 4.78 is 48.5. The molecular formula is C29H23F3N4OS. The molecule has 0 aliphatic carbocycles. The summed E-state index contributed by atoms with van der Waals surface area (Å²) in [5, 5.41) is 14.6. The van der Waals surface area contributed by atoms with Gasteiger partial charge in [-0.15, -0.1) is 27.5 Å². The molecule has 5 aromatic rings. The summed E-state index contributed by atoms with van der Waals surface area (Å²) in [7, 11) is 0. The minimum absolute atomic E-state index is 0.0876. The van der Waals surface area contributed by atoms with E-state index in [1.54, 1.807) is 31.2 Å². The molecule has 192 valence electrons. The van der Waals surface area contributed by atoms with E-state index in [4.69, 9.17) is 4.74 Å². The van der Waals surface area contributed by atoms with Gasteiger partial charge in [0.2, 0.25) is 0 Å². The number of rotatable bonds is 7. The van der Waals surface area contributed by atoms with E-state index in [2.05, 4.69) is 32.5 Å². The van der Waals surface area contributed by atoms with Gasteiger partial charge in [0.15, 0.2) is 5.82 Å². The lowest BCUT2D eigenvalue weighted by Gasteiger charge is -2.12. The highest BCUT2D eigenvalue weighted by molar-refractivity contribution is 7.19. The third-order valence-corrected chi connectivity index (χ3v) is 7.42. The van der Waals surface area contributed by atoms with E-state index in [1.165, 1.54) is 0 Å². The Hall–Kier alpha value is -4.16. The molecule has 0 spiro atoms. The second kappa shape index (κ2) is 10.7. The van der Waals surface area contributed by atoms with Crippen molar-refractivity contribution < 1.29 is 17.9 Å². The highest BCUT2D eigenvalue weighted by Crippen LogP contribution is 2.47. The van der Waals surface area contributed by atoms with E-state index in [0.29, 0.717) is 33.6 Å². The summed E-state index contributed by atoms with van der Waals surface area (Å²) >= 11 is 0.775. The average Bonchev–Trinajstić information content (AvgIpc) is 3.55. The van der Waals surface area contributed by atoms with Crippen molar-refractivity contribution in [3.05, 3.63) is 94.1 Å². The quantitative estimate of drug-likeness (QED) is 0.223. The minimum atomic E-state index is -4.44. The molecule has 0 amide bonds.